The fourth-order valence-corrected chi connectivity index (χ4v) is 3.43. The van der Waals surface area contributed by atoms with Crippen molar-refractivity contribution in [3.05, 3.63) is 36.7 Å². The topological polar surface area (TPSA) is 94.7 Å². The summed E-state index contributed by atoms with van der Waals surface area (Å²) in [6, 6.07) is 0. The van der Waals surface area contributed by atoms with Crippen molar-refractivity contribution in [3.63, 3.8) is 0 Å². The molecular formula is C17H22N6O4. The lowest BCUT2D eigenvalue weighted by Crippen LogP contribution is -2.64. The number of hydrogen-bond acceptors (Lipinski definition) is 6. The third-order valence-corrected chi connectivity index (χ3v) is 4.78. The van der Waals surface area contributed by atoms with E-state index in [1.54, 1.807) is 57.2 Å². The molecule has 2 fully saturated rings. The van der Waals surface area contributed by atoms with Crippen LogP contribution in [0.4, 0.5) is 0 Å². The van der Waals surface area contributed by atoms with Crippen LogP contribution in [0, 0.1) is 0 Å². The summed E-state index contributed by atoms with van der Waals surface area (Å²) < 4.78 is 15.1. The quantitative estimate of drug-likeness (QED) is 0.708. The third-order valence-electron chi connectivity index (χ3n) is 4.78. The van der Waals surface area contributed by atoms with Crippen molar-refractivity contribution < 1.29 is 19.1 Å². The van der Waals surface area contributed by atoms with Crippen molar-refractivity contribution in [1.29, 1.82) is 0 Å². The molecule has 0 aliphatic carbocycles. The van der Waals surface area contributed by atoms with E-state index >= 15 is 0 Å². The van der Waals surface area contributed by atoms with Crippen molar-refractivity contribution in [2.45, 2.75) is 12.3 Å². The van der Waals surface area contributed by atoms with Crippen LogP contribution in [0.3, 0.4) is 0 Å². The molecule has 27 heavy (non-hydrogen) atoms. The molecule has 2 aliphatic heterocycles. The Hall–Kier alpha value is -2.72. The molecule has 2 aromatic heterocycles. The number of imidazole rings is 1. The first-order valence-corrected chi connectivity index (χ1v) is 8.84. The number of amides is 2. The van der Waals surface area contributed by atoms with E-state index in [4.69, 9.17) is 9.47 Å². The van der Waals surface area contributed by atoms with Crippen LogP contribution in [0.2, 0.25) is 0 Å². The molecule has 2 saturated heterocycles. The second kappa shape index (κ2) is 7.12. The van der Waals surface area contributed by atoms with E-state index in [0.29, 0.717) is 31.9 Å². The van der Waals surface area contributed by atoms with E-state index < -0.39 is 5.79 Å². The van der Waals surface area contributed by atoms with Crippen molar-refractivity contribution in [2.75, 3.05) is 39.4 Å². The summed E-state index contributed by atoms with van der Waals surface area (Å²) in [5, 5.41) is 4.05. The summed E-state index contributed by atoms with van der Waals surface area (Å²) in [4.78, 5) is 32.7. The molecule has 10 heteroatoms. The van der Waals surface area contributed by atoms with Crippen LogP contribution in [0.5, 0.6) is 0 Å². The molecule has 144 valence electrons. The fraction of sp³-hybridized carbons (Fsp3) is 0.529. The molecule has 1 atom stereocenters. The van der Waals surface area contributed by atoms with E-state index in [0.717, 1.165) is 0 Å². The van der Waals surface area contributed by atoms with Crippen LogP contribution in [0.25, 0.3) is 0 Å². The van der Waals surface area contributed by atoms with E-state index in [1.807, 2.05) is 0 Å². The molecule has 1 unspecified atom stereocenters. The highest BCUT2D eigenvalue weighted by molar-refractivity contribution is 5.93. The van der Waals surface area contributed by atoms with E-state index in [9.17, 15) is 9.59 Å². The minimum atomic E-state index is -0.987. The summed E-state index contributed by atoms with van der Waals surface area (Å²) in [6.07, 6.45) is 8.24. The molecule has 2 aliphatic rings. The van der Waals surface area contributed by atoms with Gasteiger partial charge in [-0.2, -0.15) is 5.10 Å². The van der Waals surface area contributed by atoms with Crippen LogP contribution in [-0.2, 0) is 27.9 Å². The second-order valence-electron chi connectivity index (χ2n) is 6.79. The minimum absolute atomic E-state index is 0.0324. The first kappa shape index (κ1) is 17.7. The van der Waals surface area contributed by atoms with Crippen LogP contribution in [-0.4, -0.2) is 86.1 Å². The van der Waals surface area contributed by atoms with Crippen LogP contribution >= 0.6 is 0 Å². The van der Waals surface area contributed by atoms with Gasteiger partial charge in [-0.3, -0.25) is 14.3 Å². The number of carbonyl (C=O) groups excluding carboxylic acids is 2. The van der Waals surface area contributed by atoms with Crippen LogP contribution in [0.15, 0.2) is 31.1 Å². The number of aromatic nitrogens is 4. The molecule has 1 spiro atoms. The molecule has 10 nitrogen and oxygen atoms in total. The van der Waals surface area contributed by atoms with Gasteiger partial charge in [0, 0.05) is 38.7 Å². The first-order valence-electron chi connectivity index (χ1n) is 8.84. The minimum Gasteiger partial charge on any atom is -0.345 e. The molecule has 0 saturated carbocycles. The van der Waals surface area contributed by atoms with Crippen molar-refractivity contribution in [3.8, 4) is 0 Å². The maximum absolute atomic E-state index is 12.7. The maximum atomic E-state index is 12.7. The lowest BCUT2D eigenvalue weighted by atomic mass is 10.1. The summed E-state index contributed by atoms with van der Waals surface area (Å²) >= 11 is 0. The molecule has 4 rings (SSSR count). The Morgan fingerprint density at radius 3 is 2.59 bits per heavy atom. The van der Waals surface area contributed by atoms with Gasteiger partial charge in [-0.25, -0.2) is 4.98 Å². The summed E-state index contributed by atoms with van der Waals surface area (Å²) in [6.45, 7) is 2.47. The lowest BCUT2D eigenvalue weighted by molar-refractivity contribution is -0.284. The van der Waals surface area contributed by atoms with Crippen molar-refractivity contribution in [1.82, 2.24) is 29.1 Å². The summed E-state index contributed by atoms with van der Waals surface area (Å²) in [7, 11) is 1.77. The largest absolute Gasteiger partial charge is 0.345 e. The van der Waals surface area contributed by atoms with Crippen molar-refractivity contribution >= 4 is 11.8 Å². The molecule has 0 N–H and O–H groups in total. The van der Waals surface area contributed by atoms with Gasteiger partial charge in [-0.15, -0.1) is 0 Å². The third kappa shape index (κ3) is 3.71. The Bertz CT molecular complexity index is 815. The van der Waals surface area contributed by atoms with Gasteiger partial charge in [0.15, 0.2) is 0 Å². The highest BCUT2D eigenvalue weighted by Gasteiger charge is 2.44. The van der Waals surface area contributed by atoms with Gasteiger partial charge in [-0.05, 0) is 0 Å². The normalized spacial score (nSPS) is 23.0. The maximum Gasteiger partial charge on any atom is 0.257 e. The molecule has 2 aromatic rings. The molecule has 0 radical (unpaired) electrons. The Morgan fingerprint density at radius 2 is 1.93 bits per heavy atom. The predicted molar refractivity (Wildman–Crippen MR) is 92.6 cm³/mol. The Morgan fingerprint density at radius 1 is 1.19 bits per heavy atom. The van der Waals surface area contributed by atoms with Crippen molar-refractivity contribution in [2.24, 2.45) is 7.05 Å². The number of morpholine rings is 2. The van der Waals surface area contributed by atoms with Crippen LogP contribution in [0.1, 0.15) is 10.4 Å². The zero-order chi connectivity index (χ0) is 18.9. The summed E-state index contributed by atoms with van der Waals surface area (Å²) in [5.41, 5.74) is 0.526. The standard InChI is InChI=1S/C17H22N6O4/c1-20-9-14(8-19-20)16(25)23-5-7-27-17(12-23)11-22(4-6-26-17)15(24)10-21-3-2-18-13-21/h2-3,8-9,13H,4-7,10-12H2,1H3. The van der Waals surface area contributed by atoms with Gasteiger partial charge in [0.05, 0.1) is 44.4 Å². The molecule has 0 bridgehead atoms. The van der Waals surface area contributed by atoms with E-state index in [1.165, 1.54) is 0 Å². The number of aryl methyl sites for hydroxylation is 1. The number of nitrogens with zero attached hydrogens (tertiary/aromatic N) is 6. The number of carbonyl (C=O) groups is 2. The van der Waals surface area contributed by atoms with Gasteiger partial charge < -0.3 is 23.8 Å². The number of hydrogen-bond donors (Lipinski definition) is 0. The summed E-state index contributed by atoms with van der Waals surface area (Å²) in [5.74, 6) is -1.13. The second-order valence-corrected chi connectivity index (χ2v) is 6.79. The molecule has 4 heterocycles. The van der Waals surface area contributed by atoms with Gasteiger partial charge in [0.25, 0.3) is 5.91 Å². The molecule has 2 amide bonds. The number of rotatable bonds is 3. The highest BCUT2D eigenvalue weighted by atomic mass is 16.7. The zero-order valence-electron chi connectivity index (χ0n) is 15.2. The molecule has 0 aromatic carbocycles. The van der Waals surface area contributed by atoms with Gasteiger partial charge >= 0.3 is 0 Å². The first-order chi connectivity index (χ1) is 13.0. The van der Waals surface area contributed by atoms with Gasteiger partial charge in [-0.1, -0.05) is 0 Å². The molecular weight excluding hydrogens is 352 g/mol. The lowest BCUT2D eigenvalue weighted by Gasteiger charge is -2.47. The Labute approximate surface area is 156 Å². The monoisotopic (exact) mass is 374 g/mol. The van der Waals surface area contributed by atoms with Gasteiger partial charge in [0.2, 0.25) is 11.7 Å². The van der Waals surface area contributed by atoms with Crippen LogP contribution < -0.4 is 0 Å². The Kier molecular flexibility index (Phi) is 4.66. The number of ether oxygens (including phenoxy) is 2. The SMILES string of the molecule is Cn1cc(C(=O)N2CCOC3(CN(C(=O)Cn4ccnc4)CCO3)C2)cn1. The average molecular weight is 374 g/mol. The smallest absolute Gasteiger partial charge is 0.257 e. The fourth-order valence-electron chi connectivity index (χ4n) is 3.43. The van der Waals surface area contributed by atoms with Gasteiger partial charge in [0.1, 0.15) is 6.54 Å². The highest BCUT2D eigenvalue weighted by Crippen LogP contribution is 2.25. The van der Waals surface area contributed by atoms with E-state index in [2.05, 4.69) is 10.1 Å². The Balaban J connectivity index is 1.43. The predicted octanol–water partition coefficient (Wildman–Crippen LogP) is -0.656. The van der Waals surface area contributed by atoms with E-state index in [-0.39, 0.29) is 31.4 Å². The average Bonchev–Trinajstić information content (AvgIpc) is 3.33. The zero-order valence-corrected chi connectivity index (χ0v) is 15.2.